The molecule has 0 spiro atoms. The van der Waals surface area contributed by atoms with Crippen molar-refractivity contribution in [1.29, 1.82) is 0 Å². The van der Waals surface area contributed by atoms with Crippen LogP contribution in [0.5, 0.6) is 0 Å². The molecule has 3 nitrogen and oxygen atoms in total. The van der Waals surface area contributed by atoms with Crippen LogP contribution < -0.4 is 5.32 Å². The summed E-state index contributed by atoms with van der Waals surface area (Å²) >= 11 is 3.31. The summed E-state index contributed by atoms with van der Waals surface area (Å²) in [6.07, 6.45) is 2.28. The van der Waals surface area contributed by atoms with E-state index in [9.17, 15) is 9.59 Å². The smallest absolute Gasteiger partial charge is 0.240 e. The third-order valence-electron chi connectivity index (χ3n) is 3.80. The molecule has 110 valence electrons. The molecule has 0 bridgehead atoms. The summed E-state index contributed by atoms with van der Waals surface area (Å²) < 4.78 is 0.435. The Morgan fingerprint density at radius 2 is 1.86 bits per heavy atom. The summed E-state index contributed by atoms with van der Waals surface area (Å²) in [4.78, 5) is 23.7. The maximum atomic E-state index is 11.8. The molecular weight excluding hydrogens is 398 g/mol. The molecule has 0 aromatic heterocycles. The lowest BCUT2D eigenvalue weighted by molar-refractivity contribution is -0.131. The van der Waals surface area contributed by atoms with Crippen molar-refractivity contribution in [3.63, 3.8) is 0 Å². The van der Waals surface area contributed by atoms with E-state index in [2.05, 4.69) is 33.4 Å². The maximum Gasteiger partial charge on any atom is 0.240 e. The minimum Gasteiger partial charge on any atom is -0.315 e. The van der Waals surface area contributed by atoms with E-state index >= 15 is 0 Å². The lowest BCUT2D eigenvalue weighted by Gasteiger charge is -2.23. The van der Waals surface area contributed by atoms with Gasteiger partial charge >= 0.3 is 0 Å². The summed E-state index contributed by atoms with van der Waals surface area (Å²) in [6, 6.07) is 10.1. The van der Waals surface area contributed by atoms with Crippen LogP contribution in [0.1, 0.15) is 17.9 Å². The van der Waals surface area contributed by atoms with Crippen LogP contribution in [-0.2, 0) is 9.59 Å². The average Bonchev–Trinajstić information content (AvgIpc) is 2.68. The fraction of sp³-hybridized carbons (Fsp3) is 0.250. The van der Waals surface area contributed by atoms with E-state index in [4.69, 9.17) is 0 Å². The van der Waals surface area contributed by atoms with Crippen molar-refractivity contribution < 1.29 is 9.59 Å². The third kappa shape index (κ3) is 3.10. The molecule has 3 rings (SSSR count). The molecule has 0 radical (unpaired) electrons. The summed E-state index contributed by atoms with van der Waals surface area (Å²) in [7, 11) is 0. The second kappa shape index (κ2) is 6.81. The van der Waals surface area contributed by atoms with E-state index in [1.165, 1.54) is 6.08 Å². The highest BCUT2D eigenvalue weighted by molar-refractivity contribution is 9.12. The van der Waals surface area contributed by atoms with Gasteiger partial charge in [0.05, 0.1) is 4.48 Å². The van der Waals surface area contributed by atoms with Crippen molar-refractivity contribution in [1.82, 2.24) is 5.32 Å². The molecule has 1 unspecified atom stereocenters. The van der Waals surface area contributed by atoms with Crippen LogP contribution in [0.25, 0.3) is 0 Å². The molecule has 1 saturated heterocycles. The summed E-state index contributed by atoms with van der Waals surface area (Å²) in [5.41, 5.74) is 3.10. The number of hydrogen-bond acceptors (Lipinski definition) is 3. The van der Waals surface area contributed by atoms with Gasteiger partial charge in [0, 0.05) is 12.5 Å². The topological polar surface area (TPSA) is 46.2 Å². The highest BCUT2D eigenvalue weighted by Crippen LogP contribution is 2.38. The Bertz CT molecular complexity index is 635. The van der Waals surface area contributed by atoms with Crippen molar-refractivity contribution in [2.75, 3.05) is 13.1 Å². The number of Topliss-reactive ketones (excluding diaryl/α,β-unsaturated/α-hetero) is 1. The van der Waals surface area contributed by atoms with Gasteiger partial charge in [-0.3, -0.25) is 9.59 Å². The van der Waals surface area contributed by atoms with Crippen molar-refractivity contribution in [3.05, 3.63) is 57.6 Å². The van der Waals surface area contributed by atoms with E-state index in [0.29, 0.717) is 4.48 Å². The van der Waals surface area contributed by atoms with Gasteiger partial charge in [-0.15, -0.1) is 17.0 Å². The second-order valence-corrected chi connectivity index (χ2v) is 5.80. The molecule has 0 saturated carbocycles. The molecule has 1 fully saturated rings. The number of rotatable bonds is 1. The van der Waals surface area contributed by atoms with Crippen LogP contribution in [0, 0.1) is 0 Å². The molecule has 1 aliphatic carbocycles. The predicted molar refractivity (Wildman–Crippen MR) is 91.0 cm³/mol. The minimum atomic E-state index is -0.433. The molecule has 2 aliphatic rings. The van der Waals surface area contributed by atoms with Gasteiger partial charge in [0.25, 0.3) is 0 Å². The predicted octanol–water partition coefficient (Wildman–Crippen LogP) is 3.07. The lowest BCUT2D eigenvalue weighted by Crippen LogP contribution is -2.23. The molecule has 21 heavy (non-hydrogen) atoms. The molecule has 0 amide bonds. The van der Waals surface area contributed by atoms with Gasteiger partial charge in [-0.05, 0) is 51.7 Å². The lowest BCUT2D eigenvalue weighted by atomic mass is 9.82. The number of nitrogens with one attached hydrogen (secondary N) is 1. The molecule has 1 aromatic carbocycles. The first kappa shape index (κ1) is 16.3. The van der Waals surface area contributed by atoms with Gasteiger partial charge < -0.3 is 5.32 Å². The van der Waals surface area contributed by atoms with Gasteiger partial charge in [0.1, 0.15) is 0 Å². The van der Waals surface area contributed by atoms with Crippen LogP contribution >= 0.6 is 32.9 Å². The monoisotopic (exact) mass is 411 g/mol. The van der Waals surface area contributed by atoms with Crippen LogP contribution in [0.4, 0.5) is 0 Å². The zero-order valence-electron chi connectivity index (χ0n) is 11.3. The number of hydrogen-bond donors (Lipinski definition) is 1. The number of carbonyl (C=O) groups excluding carboxylic acids is 2. The molecule has 1 N–H and O–H groups in total. The molecular formula is C16H15Br2NO2. The Hall–Kier alpha value is -1.04. The number of carbonyl (C=O) groups is 2. The highest BCUT2D eigenvalue weighted by atomic mass is 79.9. The molecule has 1 aliphatic heterocycles. The van der Waals surface area contributed by atoms with Gasteiger partial charge in [0.15, 0.2) is 0 Å². The number of ketones is 2. The number of allylic oxidation sites excluding steroid dienone is 2. The quantitative estimate of drug-likeness (QED) is 0.569. The first-order chi connectivity index (χ1) is 9.68. The summed E-state index contributed by atoms with van der Waals surface area (Å²) in [5, 5.41) is 3.38. The van der Waals surface area contributed by atoms with Gasteiger partial charge in [-0.2, -0.15) is 0 Å². The molecule has 1 heterocycles. The van der Waals surface area contributed by atoms with Crippen LogP contribution in [0.15, 0.2) is 52.0 Å². The average molecular weight is 413 g/mol. The van der Waals surface area contributed by atoms with Gasteiger partial charge in [-0.1, -0.05) is 30.3 Å². The van der Waals surface area contributed by atoms with Crippen molar-refractivity contribution in [3.8, 4) is 0 Å². The fourth-order valence-corrected chi connectivity index (χ4v) is 3.41. The van der Waals surface area contributed by atoms with Gasteiger partial charge in [-0.25, -0.2) is 0 Å². The highest BCUT2D eigenvalue weighted by Gasteiger charge is 2.32. The summed E-state index contributed by atoms with van der Waals surface area (Å²) in [5.74, 6) is -0.755. The normalized spacial score (nSPS) is 22.1. The van der Waals surface area contributed by atoms with Gasteiger partial charge in [0.2, 0.25) is 11.6 Å². The third-order valence-corrected chi connectivity index (χ3v) is 4.64. The van der Waals surface area contributed by atoms with E-state index < -0.39 is 11.6 Å². The van der Waals surface area contributed by atoms with Crippen molar-refractivity contribution in [2.24, 2.45) is 0 Å². The second-order valence-electron chi connectivity index (χ2n) is 5.00. The molecule has 1 atom stereocenters. The van der Waals surface area contributed by atoms with Crippen LogP contribution in [0.3, 0.4) is 0 Å². The van der Waals surface area contributed by atoms with E-state index in [1.54, 1.807) is 0 Å². The Morgan fingerprint density at radius 3 is 2.57 bits per heavy atom. The Kier molecular flexibility index (Phi) is 5.30. The van der Waals surface area contributed by atoms with E-state index in [-0.39, 0.29) is 22.9 Å². The SMILES string of the molecule is Br.O=C1C=C2C(=C(Br)C1=O)CCNCC2c1ccccc1. The Morgan fingerprint density at radius 1 is 1.14 bits per heavy atom. The van der Waals surface area contributed by atoms with Crippen molar-refractivity contribution in [2.45, 2.75) is 12.3 Å². The number of benzene rings is 1. The van der Waals surface area contributed by atoms with Crippen molar-refractivity contribution >= 4 is 44.5 Å². The molecule has 5 heteroatoms. The number of fused-ring (bicyclic) bond motifs is 1. The standard InChI is InChI=1S/C16H14BrNO2.BrH/c17-15-11-6-7-18-9-13(10-4-2-1-3-5-10)12(11)8-14(19)16(15)20;/h1-5,8,13,18H,6-7,9H2;1H. The minimum absolute atomic E-state index is 0. The molecule has 1 aromatic rings. The van der Waals surface area contributed by atoms with E-state index in [1.807, 2.05) is 18.2 Å². The zero-order chi connectivity index (χ0) is 14.1. The van der Waals surface area contributed by atoms with E-state index in [0.717, 1.165) is 36.2 Å². The number of halogens is 2. The van der Waals surface area contributed by atoms with Crippen LogP contribution in [-0.4, -0.2) is 24.7 Å². The Balaban J connectivity index is 0.00000161. The first-order valence-electron chi connectivity index (χ1n) is 6.63. The Labute approximate surface area is 142 Å². The fourth-order valence-electron chi connectivity index (χ4n) is 2.78. The summed E-state index contributed by atoms with van der Waals surface area (Å²) in [6.45, 7) is 1.59. The first-order valence-corrected chi connectivity index (χ1v) is 7.42. The zero-order valence-corrected chi connectivity index (χ0v) is 14.6. The largest absolute Gasteiger partial charge is 0.315 e. The van der Waals surface area contributed by atoms with Crippen LogP contribution in [0.2, 0.25) is 0 Å². The maximum absolute atomic E-state index is 11.8.